The normalized spacial score (nSPS) is 23.4. The molecule has 0 saturated carbocycles. The van der Waals surface area contributed by atoms with Gasteiger partial charge in [0.15, 0.2) is 0 Å². The average Bonchev–Trinajstić information content (AvgIpc) is 2.87. The van der Waals surface area contributed by atoms with Crippen LogP contribution in [0.4, 0.5) is 10.7 Å². The lowest BCUT2D eigenvalue weighted by atomic mass is 9.81. The fourth-order valence-corrected chi connectivity index (χ4v) is 3.53. The van der Waals surface area contributed by atoms with Crippen molar-refractivity contribution in [2.75, 3.05) is 25.0 Å². The Morgan fingerprint density at radius 3 is 2.30 bits per heavy atom. The maximum atomic E-state index is 12.4. The smallest absolute Gasteiger partial charge is 0.444 e. The number of ether oxygens (including phenoxy) is 1. The lowest BCUT2D eigenvalue weighted by molar-refractivity contribution is 0.00578. The van der Waals surface area contributed by atoms with Crippen LogP contribution in [0.2, 0.25) is 0 Å². The molecule has 3 rings (SSSR count). The summed E-state index contributed by atoms with van der Waals surface area (Å²) in [6.07, 6.45) is 5.13. The molecule has 0 bridgehead atoms. The number of hydrogen-bond acceptors (Lipinski definition) is 7. The predicted octanol–water partition coefficient (Wildman–Crippen LogP) is 2.61. The number of anilines is 1. The zero-order chi connectivity index (χ0) is 22.3. The summed E-state index contributed by atoms with van der Waals surface area (Å²) in [5, 5.41) is 0. The number of rotatable bonds is 3. The van der Waals surface area contributed by atoms with Crippen LogP contribution in [0.1, 0.15) is 61.3 Å². The van der Waals surface area contributed by atoms with E-state index in [0.717, 1.165) is 24.8 Å². The molecule has 0 spiro atoms. The van der Waals surface area contributed by atoms with E-state index in [1.54, 1.807) is 24.3 Å². The third-order valence-electron chi connectivity index (χ3n) is 6.09. The van der Waals surface area contributed by atoms with Crippen molar-refractivity contribution in [2.24, 2.45) is 0 Å². The van der Waals surface area contributed by atoms with Crippen LogP contribution in [0.15, 0.2) is 12.4 Å². The molecule has 1 amide bonds. The topological polar surface area (TPSA) is 77.0 Å². The van der Waals surface area contributed by atoms with Gasteiger partial charge in [-0.1, -0.05) is 0 Å². The molecule has 0 aliphatic carbocycles. The van der Waals surface area contributed by atoms with Gasteiger partial charge >= 0.3 is 13.2 Å². The van der Waals surface area contributed by atoms with Gasteiger partial charge in [-0.05, 0) is 61.3 Å². The van der Waals surface area contributed by atoms with Gasteiger partial charge in [0.05, 0.1) is 17.2 Å². The minimum atomic E-state index is -0.508. The van der Waals surface area contributed by atoms with Gasteiger partial charge in [0, 0.05) is 38.0 Å². The van der Waals surface area contributed by atoms with Gasteiger partial charge in [0.2, 0.25) is 5.95 Å². The Hall–Kier alpha value is -1.87. The number of carbonyl (C=O) groups excluding carboxylic acids is 1. The number of amides is 1. The van der Waals surface area contributed by atoms with Gasteiger partial charge < -0.3 is 23.8 Å². The van der Waals surface area contributed by atoms with E-state index >= 15 is 0 Å². The summed E-state index contributed by atoms with van der Waals surface area (Å²) in [5.41, 5.74) is -0.505. The third-order valence-corrected chi connectivity index (χ3v) is 6.09. The Morgan fingerprint density at radius 2 is 1.77 bits per heavy atom. The minimum Gasteiger partial charge on any atom is -0.444 e. The first-order valence-corrected chi connectivity index (χ1v) is 10.7. The van der Waals surface area contributed by atoms with Crippen molar-refractivity contribution in [3.05, 3.63) is 12.4 Å². The molecular formula is C21H35BN4O4. The van der Waals surface area contributed by atoms with Crippen LogP contribution in [0, 0.1) is 0 Å². The van der Waals surface area contributed by atoms with Crippen molar-refractivity contribution in [2.45, 2.75) is 84.2 Å². The Bertz CT molecular complexity index is 747. The summed E-state index contributed by atoms with van der Waals surface area (Å²) in [4.78, 5) is 25.3. The minimum absolute atomic E-state index is 0.0555. The summed E-state index contributed by atoms with van der Waals surface area (Å²) in [6, 6.07) is 0.0555. The average molecular weight is 418 g/mol. The van der Waals surface area contributed by atoms with E-state index in [0.29, 0.717) is 12.5 Å². The van der Waals surface area contributed by atoms with E-state index in [-0.39, 0.29) is 12.1 Å². The lowest BCUT2D eigenvalue weighted by Gasteiger charge is -2.38. The number of hydrogen-bond donors (Lipinski definition) is 0. The van der Waals surface area contributed by atoms with Gasteiger partial charge in [0.25, 0.3) is 0 Å². The number of aromatic nitrogens is 2. The third kappa shape index (κ3) is 4.89. The molecule has 0 N–H and O–H groups in total. The molecule has 2 aliphatic rings. The van der Waals surface area contributed by atoms with Crippen molar-refractivity contribution in [3.8, 4) is 0 Å². The molecular weight excluding hydrogens is 383 g/mol. The summed E-state index contributed by atoms with van der Waals surface area (Å²) in [5.74, 6) is 0.651. The van der Waals surface area contributed by atoms with Crippen LogP contribution >= 0.6 is 0 Å². The summed E-state index contributed by atoms with van der Waals surface area (Å²) in [7, 11) is 1.32. The fraction of sp³-hybridized carbons (Fsp3) is 0.762. The number of piperidine rings is 1. The van der Waals surface area contributed by atoms with Crippen molar-refractivity contribution in [1.82, 2.24) is 14.9 Å². The van der Waals surface area contributed by atoms with Crippen molar-refractivity contribution >= 4 is 24.6 Å². The SMILES string of the molecule is CN(C(=O)OC(C)(C)C)C1CCCN(c2ncc(B3OC(C)(C)C(C)(C)O3)cn2)C1. The summed E-state index contributed by atoms with van der Waals surface area (Å²) < 4.78 is 17.7. The van der Waals surface area contributed by atoms with Crippen LogP contribution in [0.5, 0.6) is 0 Å². The molecule has 8 nitrogen and oxygen atoms in total. The highest BCUT2D eigenvalue weighted by molar-refractivity contribution is 6.61. The van der Waals surface area contributed by atoms with E-state index < -0.39 is 23.9 Å². The molecule has 9 heteroatoms. The van der Waals surface area contributed by atoms with Crippen molar-refractivity contribution < 1.29 is 18.8 Å². The monoisotopic (exact) mass is 418 g/mol. The molecule has 1 aromatic heterocycles. The number of likely N-dealkylation sites (N-methyl/N-ethyl adjacent to an activating group) is 1. The van der Waals surface area contributed by atoms with Crippen molar-refractivity contribution in [3.63, 3.8) is 0 Å². The quantitative estimate of drug-likeness (QED) is 0.699. The first-order chi connectivity index (χ1) is 13.8. The second kappa shape index (κ2) is 8.00. The van der Waals surface area contributed by atoms with E-state index in [9.17, 15) is 4.79 Å². The van der Waals surface area contributed by atoms with Gasteiger partial charge in [-0.2, -0.15) is 0 Å². The zero-order valence-corrected chi connectivity index (χ0v) is 19.6. The highest BCUT2D eigenvalue weighted by Crippen LogP contribution is 2.36. The van der Waals surface area contributed by atoms with Crippen LogP contribution in [0.3, 0.4) is 0 Å². The molecule has 1 unspecified atom stereocenters. The molecule has 1 atom stereocenters. The standard InChI is InChI=1S/C21H35BN4O4/c1-19(2,3)28-18(27)25(8)16-10-9-11-26(14-16)17-23-12-15(13-24-17)22-29-20(4,5)21(6,7)30-22/h12-13,16H,9-11,14H2,1-8H3. The van der Waals surface area contributed by atoms with Crippen LogP contribution < -0.4 is 10.4 Å². The van der Waals surface area contributed by atoms with Gasteiger partial charge in [-0.3, -0.25) is 0 Å². The fourth-order valence-electron chi connectivity index (χ4n) is 3.53. The lowest BCUT2D eigenvalue weighted by Crippen LogP contribution is -2.50. The molecule has 30 heavy (non-hydrogen) atoms. The molecule has 2 fully saturated rings. The highest BCUT2D eigenvalue weighted by Gasteiger charge is 2.52. The molecule has 3 heterocycles. The number of carbonyl (C=O) groups is 1. The Labute approximate surface area is 180 Å². The molecule has 2 saturated heterocycles. The van der Waals surface area contributed by atoms with Gasteiger partial charge in [-0.15, -0.1) is 0 Å². The van der Waals surface area contributed by atoms with Gasteiger partial charge in [0.1, 0.15) is 5.60 Å². The van der Waals surface area contributed by atoms with Crippen molar-refractivity contribution in [1.29, 1.82) is 0 Å². The Kier molecular flexibility index (Phi) is 6.08. The highest BCUT2D eigenvalue weighted by atomic mass is 16.7. The Morgan fingerprint density at radius 1 is 1.20 bits per heavy atom. The summed E-state index contributed by atoms with van der Waals surface area (Å²) in [6.45, 7) is 15.3. The number of nitrogens with zero attached hydrogens (tertiary/aromatic N) is 4. The Balaban J connectivity index is 1.65. The molecule has 2 aliphatic heterocycles. The first kappa shape index (κ1) is 22.8. The predicted molar refractivity (Wildman–Crippen MR) is 117 cm³/mol. The molecule has 0 radical (unpaired) electrons. The van der Waals surface area contributed by atoms with E-state index in [1.165, 1.54) is 0 Å². The second-order valence-electron chi connectivity index (χ2n) is 10.2. The molecule has 166 valence electrons. The zero-order valence-electron chi connectivity index (χ0n) is 19.6. The maximum absolute atomic E-state index is 12.4. The second-order valence-corrected chi connectivity index (χ2v) is 10.2. The van der Waals surface area contributed by atoms with E-state index in [4.69, 9.17) is 14.0 Å². The largest absolute Gasteiger partial charge is 0.498 e. The van der Waals surface area contributed by atoms with Crippen LogP contribution in [-0.4, -0.2) is 71.1 Å². The first-order valence-electron chi connectivity index (χ1n) is 10.7. The maximum Gasteiger partial charge on any atom is 0.498 e. The van der Waals surface area contributed by atoms with E-state index in [1.807, 2.05) is 48.5 Å². The van der Waals surface area contributed by atoms with Crippen LogP contribution in [0.25, 0.3) is 0 Å². The van der Waals surface area contributed by atoms with Crippen LogP contribution in [-0.2, 0) is 14.0 Å². The summed E-state index contributed by atoms with van der Waals surface area (Å²) >= 11 is 0. The molecule has 0 aromatic carbocycles. The van der Waals surface area contributed by atoms with E-state index in [2.05, 4.69) is 14.9 Å². The molecule has 1 aromatic rings. The van der Waals surface area contributed by atoms with Gasteiger partial charge in [-0.25, -0.2) is 14.8 Å².